The smallest absolute Gasteiger partial charge is 0.252 e. The van der Waals surface area contributed by atoms with Crippen molar-refractivity contribution in [2.75, 3.05) is 0 Å². The third kappa shape index (κ3) is 3.62. The van der Waals surface area contributed by atoms with Crippen molar-refractivity contribution in [3.8, 4) is 0 Å². The van der Waals surface area contributed by atoms with E-state index < -0.39 is 26.4 Å². The molecule has 0 N–H and O–H groups in total. The molecule has 2 rings (SSSR count). The van der Waals surface area contributed by atoms with Gasteiger partial charge in [-0.15, -0.1) is 0 Å². The molecule has 1 aliphatic rings. The maximum Gasteiger partial charge on any atom is 0.252 e. The zero-order chi connectivity index (χ0) is 18.1. The molecule has 0 amide bonds. The van der Waals surface area contributed by atoms with Gasteiger partial charge in [-0.25, -0.2) is 0 Å². The zero-order valence-corrected chi connectivity index (χ0v) is 14.8. The van der Waals surface area contributed by atoms with Gasteiger partial charge in [0, 0.05) is 11.1 Å². The normalized spacial score (nSPS) is 16.0. The molecule has 124 valence electrons. The maximum atomic E-state index is 11.8. The van der Waals surface area contributed by atoms with Gasteiger partial charge in [0.1, 0.15) is 5.41 Å². The first-order valence-electron chi connectivity index (χ1n) is 6.51. The fourth-order valence-corrected chi connectivity index (χ4v) is 3.06. The highest BCUT2D eigenvalue weighted by molar-refractivity contribution is 6.75. The second-order valence-corrected chi connectivity index (χ2v) is 6.47. The summed E-state index contributed by atoms with van der Waals surface area (Å²) >= 11 is 22.1. The molecule has 0 heterocycles. The van der Waals surface area contributed by atoms with Gasteiger partial charge in [-0.3, -0.25) is 19.2 Å². The van der Waals surface area contributed by atoms with E-state index in [1.165, 1.54) is 18.2 Å². The number of allylic oxidation sites excluding steroid dienone is 4. The van der Waals surface area contributed by atoms with E-state index >= 15 is 0 Å². The molecule has 1 aromatic rings. The number of halogens is 4. The molecule has 0 fully saturated rings. The molecule has 0 radical (unpaired) electrons. The van der Waals surface area contributed by atoms with E-state index in [0.717, 1.165) is 6.08 Å². The van der Waals surface area contributed by atoms with Crippen LogP contribution in [0.4, 0.5) is 0 Å². The van der Waals surface area contributed by atoms with Crippen molar-refractivity contribution in [2.45, 2.75) is 6.42 Å². The van der Waals surface area contributed by atoms with Crippen LogP contribution < -0.4 is 0 Å². The molecule has 0 bridgehead atoms. The van der Waals surface area contributed by atoms with Gasteiger partial charge in [0.15, 0.2) is 0 Å². The summed E-state index contributed by atoms with van der Waals surface area (Å²) in [5.74, 6) is 0. The predicted octanol–water partition coefficient (Wildman–Crippen LogP) is 4.06. The monoisotopic (exact) mass is 404 g/mol. The second-order valence-electron chi connectivity index (χ2n) is 5.09. The van der Waals surface area contributed by atoms with Crippen LogP contribution in [0.1, 0.15) is 22.3 Å². The van der Waals surface area contributed by atoms with Crippen molar-refractivity contribution < 1.29 is 19.2 Å². The molecule has 24 heavy (non-hydrogen) atoms. The standard InChI is InChI=1S/C16H8Cl4O4/c17-12(21)9-3-1-2-8(4-9)10-5-11(13(18)22)7-16(6-10,14(19)23)15(20)24/h1-5,7H,6H2. The van der Waals surface area contributed by atoms with E-state index in [1.54, 1.807) is 12.1 Å². The Bertz CT molecular complexity index is 809. The topological polar surface area (TPSA) is 68.3 Å². The van der Waals surface area contributed by atoms with Crippen LogP contribution in [-0.2, 0) is 14.4 Å². The number of carbonyl (C=O) groups is 4. The van der Waals surface area contributed by atoms with E-state index in [4.69, 9.17) is 46.4 Å². The van der Waals surface area contributed by atoms with Gasteiger partial charge in [0.25, 0.3) is 10.5 Å². The van der Waals surface area contributed by atoms with E-state index in [9.17, 15) is 19.2 Å². The first-order valence-corrected chi connectivity index (χ1v) is 8.02. The summed E-state index contributed by atoms with van der Waals surface area (Å²) in [6, 6.07) is 6.15. The highest BCUT2D eigenvalue weighted by atomic mass is 35.5. The third-order valence-electron chi connectivity index (χ3n) is 3.59. The van der Waals surface area contributed by atoms with Crippen LogP contribution in [0.3, 0.4) is 0 Å². The van der Waals surface area contributed by atoms with Gasteiger partial charge in [-0.05, 0) is 82.2 Å². The molecule has 0 saturated heterocycles. The molecule has 0 aliphatic heterocycles. The maximum absolute atomic E-state index is 11.8. The Kier molecular flexibility index (Phi) is 5.66. The average Bonchev–Trinajstić information content (AvgIpc) is 2.53. The van der Waals surface area contributed by atoms with Crippen LogP contribution in [0.2, 0.25) is 0 Å². The van der Waals surface area contributed by atoms with Crippen LogP contribution in [-0.4, -0.2) is 21.0 Å². The van der Waals surface area contributed by atoms with Gasteiger partial charge in [0.2, 0.25) is 10.5 Å². The lowest BCUT2D eigenvalue weighted by atomic mass is 9.76. The molecule has 0 aromatic heterocycles. The Hall–Kier alpha value is -1.46. The SMILES string of the molecule is O=C(Cl)C1=CC(C(=O)Cl)(C(=O)Cl)CC(c2cccc(C(=O)Cl)c2)=C1. The quantitative estimate of drug-likeness (QED) is 0.547. The minimum atomic E-state index is -1.91. The van der Waals surface area contributed by atoms with Crippen LogP contribution >= 0.6 is 46.4 Å². The first kappa shape index (κ1) is 18.9. The second kappa shape index (κ2) is 7.19. The van der Waals surface area contributed by atoms with Crippen molar-refractivity contribution in [2.24, 2.45) is 5.41 Å². The summed E-state index contributed by atoms with van der Waals surface area (Å²) in [6.07, 6.45) is 2.30. The molecule has 4 nitrogen and oxygen atoms in total. The fourth-order valence-electron chi connectivity index (χ4n) is 2.37. The number of carbonyl (C=O) groups excluding carboxylic acids is 4. The van der Waals surface area contributed by atoms with E-state index in [-0.39, 0.29) is 17.6 Å². The van der Waals surface area contributed by atoms with Crippen molar-refractivity contribution in [3.63, 3.8) is 0 Å². The lowest BCUT2D eigenvalue weighted by molar-refractivity contribution is -0.128. The average molecular weight is 406 g/mol. The summed E-state index contributed by atoms with van der Waals surface area (Å²) in [6.45, 7) is 0. The Balaban J connectivity index is 2.63. The summed E-state index contributed by atoms with van der Waals surface area (Å²) in [4.78, 5) is 46.5. The number of benzene rings is 1. The van der Waals surface area contributed by atoms with Gasteiger partial charge in [-0.1, -0.05) is 18.2 Å². The van der Waals surface area contributed by atoms with Crippen LogP contribution in [0.25, 0.3) is 5.57 Å². The van der Waals surface area contributed by atoms with E-state index in [0.29, 0.717) is 11.1 Å². The lowest BCUT2D eigenvalue weighted by Gasteiger charge is -2.28. The van der Waals surface area contributed by atoms with E-state index in [1.807, 2.05) is 0 Å². The van der Waals surface area contributed by atoms with E-state index in [2.05, 4.69) is 0 Å². The van der Waals surface area contributed by atoms with Crippen molar-refractivity contribution in [3.05, 3.63) is 53.1 Å². The fraction of sp³-hybridized carbons (Fsp3) is 0.125. The highest BCUT2D eigenvalue weighted by Crippen LogP contribution is 2.42. The molecular formula is C16H8Cl4O4. The summed E-state index contributed by atoms with van der Waals surface area (Å²) in [5.41, 5.74) is -0.921. The third-order valence-corrected chi connectivity index (χ3v) is 4.70. The number of hydrogen-bond acceptors (Lipinski definition) is 4. The molecule has 0 spiro atoms. The molecule has 8 heteroatoms. The molecule has 1 aromatic carbocycles. The molecular weight excluding hydrogens is 398 g/mol. The Morgan fingerprint density at radius 1 is 0.917 bits per heavy atom. The number of hydrogen-bond donors (Lipinski definition) is 0. The molecule has 1 aliphatic carbocycles. The molecule has 0 unspecified atom stereocenters. The number of rotatable bonds is 5. The molecule has 0 atom stereocenters. The van der Waals surface area contributed by atoms with Gasteiger partial charge >= 0.3 is 0 Å². The largest absolute Gasteiger partial charge is 0.280 e. The predicted molar refractivity (Wildman–Crippen MR) is 92.3 cm³/mol. The lowest BCUT2D eigenvalue weighted by Crippen LogP contribution is -2.34. The van der Waals surface area contributed by atoms with Gasteiger partial charge in [-0.2, -0.15) is 0 Å². The van der Waals surface area contributed by atoms with Crippen molar-refractivity contribution in [1.29, 1.82) is 0 Å². The Morgan fingerprint density at radius 2 is 1.54 bits per heavy atom. The summed E-state index contributed by atoms with van der Waals surface area (Å²) in [7, 11) is 0. The minimum Gasteiger partial charge on any atom is -0.280 e. The van der Waals surface area contributed by atoms with Crippen LogP contribution in [0.15, 0.2) is 42.0 Å². The van der Waals surface area contributed by atoms with Crippen molar-refractivity contribution >= 4 is 72.9 Å². The Labute approximate surface area is 157 Å². The Morgan fingerprint density at radius 3 is 2.04 bits per heavy atom. The van der Waals surface area contributed by atoms with Gasteiger partial charge in [0.05, 0.1) is 0 Å². The summed E-state index contributed by atoms with van der Waals surface area (Å²) in [5, 5.41) is -3.62. The summed E-state index contributed by atoms with van der Waals surface area (Å²) < 4.78 is 0. The highest BCUT2D eigenvalue weighted by Gasteiger charge is 2.45. The first-order chi connectivity index (χ1) is 11.2. The van der Waals surface area contributed by atoms with Crippen LogP contribution in [0, 0.1) is 5.41 Å². The minimum absolute atomic E-state index is 0.0940. The van der Waals surface area contributed by atoms with Crippen LogP contribution in [0.5, 0.6) is 0 Å². The zero-order valence-electron chi connectivity index (χ0n) is 11.8. The van der Waals surface area contributed by atoms with Crippen molar-refractivity contribution in [1.82, 2.24) is 0 Å². The molecule has 0 saturated carbocycles. The van der Waals surface area contributed by atoms with Gasteiger partial charge < -0.3 is 0 Å².